The van der Waals surface area contributed by atoms with Gasteiger partial charge in [0.2, 0.25) is 0 Å². The van der Waals surface area contributed by atoms with Gasteiger partial charge in [-0.15, -0.1) is 12.3 Å². The number of aliphatic hydroxyl groups excluding tert-OH is 1. The summed E-state index contributed by atoms with van der Waals surface area (Å²) in [6, 6.07) is 0. The Morgan fingerprint density at radius 3 is 2.88 bits per heavy atom. The Hall–Kier alpha value is -0.130. The van der Waals surface area contributed by atoms with Crippen molar-refractivity contribution in [1.29, 1.82) is 0 Å². The second-order valence-corrected chi connectivity index (χ2v) is 2.43. The minimum Gasteiger partial charge on any atom is -0.391 e. The molecule has 1 nitrogen and oxygen atoms in total. The molecule has 0 aliphatic rings. The summed E-state index contributed by atoms with van der Waals surface area (Å²) < 4.78 is 0. The number of terminal acetylenes is 1. The molecule has 0 heterocycles. The van der Waals surface area contributed by atoms with Crippen molar-refractivity contribution >= 4 is 11.8 Å². The number of hydrogen-bond acceptors (Lipinski definition) is 2. The van der Waals surface area contributed by atoms with Crippen molar-refractivity contribution in [2.24, 2.45) is 0 Å². The Morgan fingerprint density at radius 1 is 1.88 bits per heavy atom. The first kappa shape index (κ1) is 7.87. The Kier molecular flexibility index (Phi) is 4.93. The molecule has 1 unspecified atom stereocenters. The maximum atomic E-state index is 8.89. The molecule has 0 spiro atoms. The van der Waals surface area contributed by atoms with E-state index in [1.165, 1.54) is 0 Å². The average Bonchev–Trinajstić information content (AvgIpc) is 1.68. The minimum absolute atomic E-state index is 0.310. The quantitative estimate of drug-likeness (QED) is 0.568. The minimum atomic E-state index is -0.310. The molecule has 0 aromatic rings. The maximum Gasteiger partial charge on any atom is 0.0739 e. The Labute approximate surface area is 54.5 Å². The van der Waals surface area contributed by atoms with Gasteiger partial charge in [-0.05, 0) is 6.26 Å². The fraction of sp³-hybridized carbons (Fsp3) is 0.667. The molecule has 8 heavy (non-hydrogen) atoms. The van der Waals surface area contributed by atoms with Crippen LogP contribution in [0.25, 0.3) is 0 Å². The zero-order valence-electron chi connectivity index (χ0n) is 4.92. The highest BCUT2D eigenvalue weighted by molar-refractivity contribution is 7.98. The highest BCUT2D eigenvalue weighted by Gasteiger charge is 1.97. The van der Waals surface area contributed by atoms with Crippen LogP contribution in [0.5, 0.6) is 0 Å². The van der Waals surface area contributed by atoms with Crippen LogP contribution in [0.3, 0.4) is 0 Å². The lowest BCUT2D eigenvalue weighted by Crippen LogP contribution is -2.07. The maximum absolute atomic E-state index is 8.89. The van der Waals surface area contributed by atoms with Gasteiger partial charge in [-0.25, -0.2) is 0 Å². The molecule has 0 bridgehead atoms. The molecule has 1 atom stereocenters. The summed E-state index contributed by atoms with van der Waals surface area (Å²) in [6.07, 6.45) is 7.05. The first-order chi connectivity index (χ1) is 3.81. The highest BCUT2D eigenvalue weighted by Crippen LogP contribution is 1.98. The Morgan fingerprint density at radius 2 is 2.50 bits per heavy atom. The third kappa shape index (κ3) is 4.04. The van der Waals surface area contributed by atoms with Gasteiger partial charge in [-0.3, -0.25) is 0 Å². The molecule has 0 fully saturated rings. The van der Waals surface area contributed by atoms with Crippen molar-refractivity contribution in [2.75, 3.05) is 12.0 Å². The molecule has 0 aromatic carbocycles. The highest BCUT2D eigenvalue weighted by atomic mass is 32.2. The second-order valence-electron chi connectivity index (χ2n) is 1.52. The fourth-order valence-corrected chi connectivity index (χ4v) is 0.890. The summed E-state index contributed by atoms with van der Waals surface area (Å²) in [5.41, 5.74) is 0. The van der Waals surface area contributed by atoms with E-state index in [4.69, 9.17) is 11.5 Å². The predicted octanol–water partition coefficient (Wildman–Crippen LogP) is 0.734. The van der Waals surface area contributed by atoms with E-state index in [-0.39, 0.29) is 6.10 Å². The van der Waals surface area contributed by atoms with E-state index in [9.17, 15) is 0 Å². The summed E-state index contributed by atoms with van der Waals surface area (Å²) >= 11 is 1.60. The standard InChI is InChI=1S/C6H10OS/c1-3-4-6(7)5-8-2/h1,6-7H,4-5H2,2H3. The van der Waals surface area contributed by atoms with E-state index in [0.29, 0.717) is 6.42 Å². The molecule has 0 radical (unpaired) electrons. The Balaban J connectivity index is 3.08. The summed E-state index contributed by atoms with van der Waals surface area (Å²) in [4.78, 5) is 0. The van der Waals surface area contributed by atoms with Crippen LogP contribution in [0.15, 0.2) is 0 Å². The van der Waals surface area contributed by atoms with E-state index >= 15 is 0 Å². The van der Waals surface area contributed by atoms with Crippen LogP contribution >= 0.6 is 11.8 Å². The summed E-state index contributed by atoms with van der Waals surface area (Å²) in [6.45, 7) is 0. The van der Waals surface area contributed by atoms with Crippen LogP contribution in [-0.2, 0) is 0 Å². The van der Waals surface area contributed by atoms with E-state index in [2.05, 4.69) is 5.92 Å². The van der Waals surface area contributed by atoms with Crippen LogP contribution in [0.4, 0.5) is 0 Å². The van der Waals surface area contributed by atoms with E-state index in [1.807, 2.05) is 6.26 Å². The first-order valence-corrected chi connectivity index (χ1v) is 3.81. The summed E-state index contributed by atoms with van der Waals surface area (Å²) in [5.74, 6) is 3.13. The van der Waals surface area contributed by atoms with Gasteiger partial charge in [-0.1, -0.05) is 0 Å². The van der Waals surface area contributed by atoms with Crippen molar-refractivity contribution < 1.29 is 5.11 Å². The van der Waals surface area contributed by atoms with Crippen molar-refractivity contribution in [3.8, 4) is 12.3 Å². The fourth-order valence-electron chi connectivity index (χ4n) is 0.387. The zero-order valence-corrected chi connectivity index (χ0v) is 5.74. The lowest BCUT2D eigenvalue weighted by molar-refractivity contribution is 0.206. The molecule has 1 N–H and O–H groups in total. The van der Waals surface area contributed by atoms with Gasteiger partial charge in [0.1, 0.15) is 0 Å². The van der Waals surface area contributed by atoms with E-state index in [1.54, 1.807) is 11.8 Å². The average molecular weight is 130 g/mol. The van der Waals surface area contributed by atoms with Gasteiger partial charge in [0.15, 0.2) is 0 Å². The van der Waals surface area contributed by atoms with Gasteiger partial charge < -0.3 is 5.11 Å². The second kappa shape index (κ2) is 5.02. The van der Waals surface area contributed by atoms with Crippen molar-refractivity contribution in [3.63, 3.8) is 0 Å². The molecular weight excluding hydrogens is 120 g/mol. The lowest BCUT2D eigenvalue weighted by Gasteiger charge is -2.01. The molecule has 46 valence electrons. The lowest BCUT2D eigenvalue weighted by atomic mass is 10.3. The van der Waals surface area contributed by atoms with Crippen LogP contribution < -0.4 is 0 Å². The molecule has 0 aromatic heterocycles. The van der Waals surface area contributed by atoms with Gasteiger partial charge >= 0.3 is 0 Å². The van der Waals surface area contributed by atoms with Crippen molar-refractivity contribution in [2.45, 2.75) is 12.5 Å². The third-order valence-electron chi connectivity index (χ3n) is 0.713. The third-order valence-corrected chi connectivity index (χ3v) is 1.43. The summed E-state index contributed by atoms with van der Waals surface area (Å²) in [7, 11) is 0. The topological polar surface area (TPSA) is 20.2 Å². The smallest absolute Gasteiger partial charge is 0.0739 e. The molecule has 0 aliphatic carbocycles. The van der Waals surface area contributed by atoms with Gasteiger partial charge in [-0.2, -0.15) is 11.8 Å². The van der Waals surface area contributed by atoms with Gasteiger partial charge in [0.25, 0.3) is 0 Å². The molecule has 0 saturated carbocycles. The molecule has 0 saturated heterocycles. The van der Waals surface area contributed by atoms with Crippen LogP contribution in [0.2, 0.25) is 0 Å². The normalized spacial score (nSPS) is 12.6. The molecular formula is C6H10OS. The molecule has 2 heteroatoms. The number of aliphatic hydroxyl groups is 1. The van der Waals surface area contributed by atoms with Crippen molar-refractivity contribution in [3.05, 3.63) is 0 Å². The molecule has 0 amide bonds. The monoisotopic (exact) mass is 130 g/mol. The molecule has 0 aliphatic heterocycles. The van der Waals surface area contributed by atoms with Crippen LogP contribution in [-0.4, -0.2) is 23.2 Å². The predicted molar refractivity (Wildman–Crippen MR) is 37.8 cm³/mol. The zero-order chi connectivity index (χ0) is 6.41. The van der Waals surface area contributed by atoms with E-state index < -0.39 is 0 Å². The SMILES string of the molecule is C#CCC(O)CSC. The first-order valence-electron chi connectivity index (χ1n) is 2.41. The number of thioether (sulfide) groups is 1. The number of rotatable bonds is 3. The molecule has 0 rings (SSSR count). The van der Waals surface area contributed by atoms with Gasteiger partial charge in [0, 0.05) is 12.2 Å². The van der Waals surface area contributed by atoms with Crippen LogP contribution in [0.1, 0.15) is 6.42 Å². The summed E-state index contributed by atoms with van der Waals surface area (Å²) in [5, 5.41) is 8.89. The Bertz CT molecular complexity index is 85.0. The largest absolute Gasteiger partial charge is 0.391 e. The van der Waals surface area contributed by atoms with Crippen molar-refractivity contribution in [1.82, 2.24) is 0 Å². The van der Waals surface area contributed by atoms with Gasteiger partial charge in [0.05, 0.1) is 6.10 Å². The number of hydrogen-bond donors (Lipinski definition) is 1. The van der Waals surface area contributed by atoms with E-state index in [0.717, 1.165) is 5.75 Å². The van der Waals surface area contributed by atoms with Crippen LogP contribution in [0, 0.1) is 12.3 Å².